The topological polar surface area (TPSA) is 41.6 Å². The van der Waals surface area contributed by atoms with Gasteiger partial charge in [-0.3, -0.25) is 4.79 Å². The average molecular weight is 570 g/mol. The van der Waals surface area contributed by atoms with E-state index in [-0.39, 0.29) is 23.9 Å². The summed E-state index contributed by atoms with van der Waals surface area (Å²) in [5, 5.41) is 5.07. The van der Waals surface area contributed by atoms with E-state index >= 15 is 0 Å². The van der Waals surface area contributed by atoms with Gasteiger partial charge in [0.2, 0.25) is 5.91 Å². The lowest BCUT2D eigenvalue weighted by atomic mass is 9.87. The second kappa shape index (κ2) is 17.7. The van der Waals surface area contributed by atoms with Gasteiger partial charge in [0, 0.05) is 35.1 Å². The summed E-state index contributed by atoms with van der Waals surface area (Å²) in [6.45, 7) is 11.0. The molecule has 1 amide bonds. The molecule has 1 heterocycles. The van der Waals surface area contributed by atoms with Crippen molar-refractivity contribution in [2.75, 3.05) is 13.7 Å². The maximum absolute atomic E-state index is 13.1. The summed E-state index contributed by atoms with van der Waals surface area (Å²) in [7, 11) is 1.67. The maximum atomic E-state index is 13.1. The zero-order chi connectivity index (χ0) is 28.6. The van der Waals surface area contributed by atoms with Crippen molar-refractivity contribution in [3.63, 3.8) is 0 Å². The predicted molar refractivity (Wildman–Crippen MR) is 166 cm³/mol. The van der Waals surface area contributed by atoms with E-state index in [1.54, 1.807) is 13.2 Å². The van der Waals surface area contributed by atoms with Gasteiger partial charge in [-0.25, -0.2) is 0 Å². The van der Waals surface area contributed by atoms with Gasteiger partial charge in [-0.05, 0) is 73.7 Å². The number of methoxy groups -OCH3 is 1. The van der Waals surface area contributed by atoms with Crippen molar-refractivity contribution in [3.8, 4) is 5.75 Å². The van der Waals surface area contributed by atoms with E-state index in [1.165, 1.54) is 11.1 Å². The number of ether oxygens (including phenoxy) is 1. The third-order valence-electron chi connectivity index (χ3n) is 6.61. The molecule has 1 fully saturated rings. The first-order valence-corrected chi connectivity index (χ1v) is 14.3. The van der Waals surface area contributed by atoms with E-state index in [1.807, 2.05) is 68.4 Å². The standard InChI is InChI=1S/C24H31ClN2O2.C6H5Cl.C3H6/c1-4-21(16-26-15-18-6-12-22(29-3)13-7-18)27-23(14-5-17(2)24(27)28)19-8-10-20(25)11-9-19;7-6-4-2-1-3-5-6;1-3-2/h6-13,17,21,23,26H,4-5,14-16H2,1-3H3;1-5H;3H,1H2,2H3. The highest BCUT2D eigenvalue weighted by Gasteiger charge is 2.37. The molecule has 0 spiro atoms. The minimum atomic E-state index is 0.0780. The van der Waals surface area contributed by atoms with Gasteiger partial charge < -0.3 is 15.0 Å². The average Bonchev–Trinajstić information content (AvgIpc) is 2.95. The van der Waals surface area contributed by atoms with Crippen LogP contribution in [0.5, 0.6) is 5.75 Å². The largest absolute Gasteiger partial charge is 0.497 e. The zero-order valence-electron chi connectivity index (χ0n) is 23.6. The van der Waals surface area contributed by atoms with E-state index in [2.05, 4.69) is 48.0 Å². The first kappa shape index (κ1) is 32.4. The molecule has 3 aromatic carbocycles. The predicted octanol–water partition coefficient (Wildman–Crippen LogP) is 8.75. The number of amides is 1. The molecule has 0 saturated carbocycles. The Balaban J connectivity index is 0.000000450. The summed E-state index contributed by atoms with van der Waals surface area (Å²) in [4.78, 5) is 15.3. The van der Waals surface area contributed by atoms with Crippen LogP contribution in [-0.4, -0.2) is 30.5 Å². The van der Waals surface area contributed by atoms with Gasteiger partial charge in [-0.15, -0.1) is 6.58 Å². The first-order valence-electron chi connectivity index (χ1n) is 13.5. The summed E-state index contributed by atoms with van der Waals surface area (Å²) in [5.74, 6) is 1.20. The van der Waals surface area contributed by atoms with Crippen molar-refractivity contribution >= 4 is 29.1 Å². The SMILES string of the molecule is C=CC.CCC(CNCc1ccc(OC)cc1)N1C(=O)C(C)CCC1c1ccc(Cl)cc1.Clc1ccccc1. The van der Waals surface area contributed by atoms with Crippen LogP contribution in [0.3, 0.4) is 0 Å². The molecule has 1 N–H and O–H groups in total. The van der Waals surface area contributed by atoms with Gasteiger partial charge in [0.05, 0.1) is 13.2 Å². The van der Waals surface area contributed by atoms with Crippen molar-refractivity contribution in [2.24, 2.45) is 5.92 Å². The van der Waals surface area contributed by atoms with Crippen molar-refractivity contribution in [3.05, 3.63) is 113 Å². The molecule has 0 radical (unpaired) electrons. The minimum absolute atomic E-state index is 0.0780. The van der Waals surface area contributed by atoms with Crippen molar-refractivity contribution in [2.45, 2.75) is 58.7 Å². The highest BCUT2D eigenvalue weighted by molar-refractivity contribution is 6.30. The van der Waals surface area contributed by atoms with Crippen LogP contribution in [0.25, 0.3) is 0 Å². The van der Waals surface area contributed by atoms with Crippen LogP contribution in [0.1, 0.15) is 57.2 Å². The Labute approximate surface area is 245 Å². The molecule has 1 aliphatic heterocycles. The number of benzene rings is 3. The van der Waals surface area contributed by atoms with Gasteiger partial charge in [0.25, 0.3) is 0 Å². The molecular weight excluding hydrogens is 527 g/mol. The Hall–Kier alpha value is -2.79. The Morgan fingerprint density at radius 2 is 1.59 bits per heavy atom. The highest BCUT2D eigenvalue weighted by Crippen LogP contribution is 2.36. The molecule has 4 nitrogen and oxygen atoms in total. The third-order valence-corrected chi connectivity index (χ3v) is 7.11. The number of allylic oxidation sites excluding steroid dienone is 1. The lowest BCUT2D eigenvalue weighted by Gasteiger charge is -2.43. The molecule has 0 aromatic heterocycles. The molecule has 3 aromatic rings. The fraction of sp³-hybridized carbons (Fsp3) is 0.364. The number of carbonyl (C=O) groups excluding carboxylic acids is 1. The Morgan fingerprint density at radius 1 is 1.00 bits per heavy atom. The fourth-order valence-electron chi connectivity index (χ4n) is 4.51. The summed E-state index contributed by atoms with van der Waals surface area (Å²) < 4.78 is 5.22. The molecule has 6 heteroatoms. The third kappa shape index (κ3) is 10.7. The summed E-state index contributed by atoms with van der Waals surface area (Å²) in [6.07, 6.45) is 4.58. The van der Waals surface area contributed by atoms with Crippen LogP contribution < -0.4 is 10.1 Å². The minimum Gasteiger partial charge on any atom is -0.497 e. The number of halogens is 2. The second-order valence-corrected chi connectivity index (χ2v) is 10.4. The number of rotatable bonds is 8. The normalized spacial score (nSPS) is 17.2. The lowest BCUT2D eigenvalue weighted by Crippen LogP contribution is -2.51. The smallest absolute Gasteiger partial charge is 0.226 e. The van der Waals surface area contributed by atoms with Gasteiger partial charge in [-0.1, -0.05) is 85.6 Å². The van der Waals surface area contributed by atoms with Crippen LogP contribution in [0.15, 0.2) is 91.5 Å². The molecule has 0 aliphatic carbocycles. The van der Waals surface area contributed by atoms with Gasteiger partial charge in [0.1, 0.15) is 5.75 Å². The van der Waals surface area contributed by atoms with Crippen molar-refractivity contribution in [1.29, 1.82) is 0 Å². The van der Waals surface area contributed by atoms with Crippen LogP contribution >= 0.6 is 23.2 Å². The Morgan fingerprint density at radius 3 is 2.10 bits per heavy atom. The molecule has 4 rings (SSSR count). The van der Waals surface area contributed by atoms with E-state index in [9.17, 15) is 4.79 Å². The molecule has 1 saturated heterocycles. The van der Waals surface area contributed by atoms with E-state index < -0.39 is 0 Å². The van der Waals surface area contributed by atoms with Crippen LogP contribution in [0, 0.1) is 5.92 Å². The van der Waals surface area contributed by atoms with Crippen LogP contribution in [0.2, 0.25) is 10.0 Å². The number of nitrogens with zero attached hydrogens (tertiary/aromatic N) is 1. The zero-order valence-corrected chi connectivity index (χ0v) is 25.1. The quantitative estimate of drug-likeness (QED) is 0.276. The van der Waals surface area contributed by atoms with Crippen molar-refractivity contribution in [1.82, 2.24) is 10.2 Å². The summed E-state index contributed by atoms with van der Waals surface area (Å²) in [5.41, 5.74) is 2.37. The van der Waals surface area contributed by atoms with Gasteiger partial charge in [0.15, 0.2) is 0 Å². The number of likely N-dealkylation sites (tertiary alicyclic amines) is 1. The van der Waals surface area contributed by atoms with E-state index in [0.717, 1.165) is 48.1 Å². The Kier molecular flexibility index (Phi) is 14.7. The van der Waals surface area contributed by atoms with Gasteiger partial charge in [-0.2, -0.15) is 0 Å². The maximum Gasteiger partial charge on any atom is 0.226 e. The van der Waals surface area contributed by atoms with E-state index in [0.29, 0.717) is 0 Å². The number of carbonyl (C=O) groups is 1. The van der Waals surface area contributed by atoms with Crippen LogP contribution in [-0.2, 0) is 11.3 Å². The number of hydrogen-bond acceptors (Lipinski definition) is 3. The molecule has 3 atom stereocenters. The number of piperidine rings is 1. The summed E-state index contributed by atoms with van der Waals surface area (Å²) in [6, 6.07) is 25.7. The Bertz CT molecular complexity index is 1100. The van der Waals surface area contributed by atoms with Crippen LogP contribution in [0.4, 0.5) is 0 Å². The molecule has 1 aliphatic rings. The number of hydrogen-bond donors (Lipinski definition) is 1. The monoisotopic (exact) mass is 568 g/mol. The van der Waals surface area contributed by atoms with E-state index in [4.69, 9.17) is 27.9 Å². The summed E-state index contributed by atoms with van der Waals surface area (Å²) >= 11 is 11.6. The number of nitrogens with one attached hydrogen (secondary N) is 1. The molecular formula is C33H42Cl2N2O2. The van der Waals surface area contributed by atoms with Gasteiger partial charge >= 0.3 is 0 Å². The molecule has 0 bridgehead atoms. The fourth-order valence-corrected chi connectivity index (χ4v) is 4.78. The highest BCUT2D eigenvalue weighted by atomic mass is 35.5. The molecule has 210 valence electrons. The first-order chi connectivity index (χ1) is 18.8. The van der Waals surface area contributed by atoms with Crippen molar-refractivity contribution < 1.29 is 9.53 Å². The molecule has 3 unspecified atom stereocenters. The molecule has 39 heavy (non-hydrogen) atoms. The second-order valence-electron chi connectivity index (χ2n) is 9.54. The lowest BCUT2D eigenvalue weighted by molar-refractivity contribution is -0.144.